The van der Waals surface area contributed by atoms with Crippen molar-refractivity contribution in [3.8, 4) is 29.6 Å². The maximum Gasteiger partial charge on any atom is 1.00 e. The minimum absolute atomic E-state index is 0. The van der Waals surface area contributed by atoms with E-state index < -0.39 is 64.4 Å². The molecule has 3 amide bonds. The maximum absolute atomic E-state index is 12.3. The second kappa shape index (κ2) is 29.6. The van der Waals surface area contributed by atoms with E-state index >= 15 is 0 Å². The average Bonchev–Trinajstić information content (AvgIpc) is 3.57. The molecule has 70 heavy (non-hydrogen) atoms. The largest absolute Gasteiger partial charge is 1.00 e. The molecule has 4 aromatic rings. The van der Waals surface area contributed by atoms with Gasteiger partial charge in [0.1, 0.15) is 0 Å². The topological polar surface area (TPSA) is 359 Å². The molecule has 0 saturated carbocycles. The van der Waals surface area contributed by atoms with Crippen LogP contribution in [0.5, 0.6) is 23.5 Å². The minimum atomic E-state index is -4.60. The molecule has 0 aliphatic rings. The molecule has 2 aromatic carbocycles. The number of sulfonamides is 2. The van der Waals surface area contributed by atoms with Crippen molar-refractivity contribution < 1.29 is 98.0 Å². The van der Waals surface area contributed by atoms with E-state index in [1.807, 2.05) is 12.2 Å². The van der Waals surface area contributed by atoms with Crippen LogP contribution in [0, 0.1) is 18.5 Å². The molecular formula is C38H47I2N10NaO16S3. The van der Waals surface area contributed by atoms with E-state index in [1.165, 1.54) is 63.5 Å². The Morgan fingerprint density at radius 2 is 1.46 bits per heavy atom. The smallest absolute Gasteiger partial charge is 0.545 e. The van der Waals surface area contributed by atoms with E-state index in [1.54, 1.807) is 16.9 Å². The number of nitrogens with one attached hydrogen (secondary N) is 3. The van der Waals surface area contributed by atoms with Crippen LogP contribution < -0.4 is 74.1 Å². The predicted molar refractivity (Wildman–Crippen MR) is 260 cm³/mol. The van der Waals surface area contributed by atoms with E-state index in [0.29, 0.717) is 30.4 Å². The molecule has 0 bridgehead atoms. The molecular weight excluding hydrogens is 1230 g/mol. The van der Waals surface area contributed by atoms with E-state index in [0.717, 1.165) is 43.7 Å². The summed E-state index contributed by atoms with van der Waals surface area (Å²) in [4.78, 5) is 65.5. The fourth-order valence-corrected chi connectivity index (χ4v) is 9.93. The summed E-state index contributed by atoms with van der Waals surface area (Å²) < 4.78 is 96.6. The molecule has 32 heteroatoms. The van der Waals surface area contributed by atoms with Crippen LogP contribution in [-0.4, -0.2) is 111 Å². The molecule has 0 unspecified atom stereocenters. The second-order valence-corrected chi connectivity index (χ2v) is 21.5. The van der Waals surface area contributed by atoms with Crippen molar-refractivity contribution in [3.05, 3.63) is 71.2 Å². The number of aromatic nitrogens is 5. The Morgan fingerprint density at radius 3 is 1.97 bits per heavy atom. The van der Waals surface area contributed by atoms with Crippen molar-refractivity contribution in [1.82, 2.24) is 37.5 Å². The van der Waals surface area contributed by atoms with E-state index in [9.17, 15) is 54.3 Å². The van der Waals surface area contributed by atoms with Gasteiger partial charge < -0.3 is 28.8 Å². The van der Waals surface area contributed by atoms with E-state index in [2.05, 4.69) is 73.2 Å². The molecule has 26 nitrogen and oxygen atoms in total. The number of rotatable bonds is 19. The van der Waals surface area contributed by atoms with Crippen molar-refractivity contribution >= 4 is 105 Å². The van der Waals surface area contributed by atoms with Crippen molar-refractivity contribution in [1.29, 1.82) is 5.26 Å². The van der Waals surface area contributed by atoms with Gasteiger partial charge >= 0.3 is 69.5 Å². The fourth-order valence-electron chi connectivity index (χ4n) is 4.87. The zero-order valence-electron chi connectivity index (χ0n) is 38.8. The van der Waals surface area contributed by atoms with Crippen LogP contribution in [0.2, 0.25) is 0 Å². The Morgan fingerprint density at radius 1 is 0.886 bits per heavy atom. The average molecular weight is 1270 g/mol. The van der Waals surface area contributed by atoms with Crippen LogP contribution in [-0.2, 0) is 42.1 Å². The first-order valence-corrected chi connectivity index (χ1v) is 26.7. The third kappa shape index (κ3) is 19.8. The van der Waals surface area contributed by atoms with Gasteiger partial charge in [0.15, 0.2) is 5.75 Å². The quantitative estimate of drug-likeness (QED) is 0.0349. The van der Waals surface area contributed by atoms with Crippen LogP contribution in [0.3, 0.4) is 0 Å². The first kappa shape index (κ1) is 63.3. The van der Waals surface area contributed by atoms with Gasteiger partial charge in [-0.3, -0.25) is 10.1 Å². The molecule has 0 fully saturated rings. The summed E-state index contributed by atoms with van der Waals surface area (Å²) in [7, 11) is -8.56. The summed E-state index contributed by atoms with van der Waals surface area (Å²) in [5.74, 6) is -1.54. The van der Waals surface area contributed by atoms with Crippen molar-refractivity contribution in [2.75, 3.05) is 39.4 Å². The first-order chi connectivity index (χ1) is 32.3. The summed E-state index contributed by atoms with van der Waals surface area (Å²) in [5.41, 5.74) is -0.983. The number of carboxylic acids is 1. The third-order valence-electron chi connectivity index (χ3n) is 8.36. The van der Waals surface area contributed by atoms with Gasteiger partial charge in [-0.05, 0) is 76.2 Å². The summed E-state index contributed by atoms with van der Waals surface area (Å²) >= 11 is 4.18. The number of carboxylic acid groups (broad SMARTS) is 1. The summed E-state index contributed by atoms with van der Waals surface area (Å²) in [6.45, 7) is 4.23. The molecule has 0 aliphatic heterocycles. The van der Waals surface area contributed by atoms with E-state index in [-0.39, 0.29) is 74.2 Å². The molecule has 0 spiro atoms. The van der Waals surface area contributed by atoms with E-state index in [4.69, 9.17) is 24.2 Å². The number of anilines is 1. The van der Waals surface area contributed by atoms with Crippen molar-refractivity contribution in [3.63, 3.8) is 0 Å². The van der Waals surface area contributed by atoms with Gasteiger partial charge in [-0.1, -0.05) is 61.4 Å². The van der Waals surface area contributed by atoms with Gasteiger partial charge in [0.05, 0.1) is 62.8 Å². The normalized spacial score (nSPS) is 10.9. The number of aromatic carboxylic acids is 1. The van der Waals surface area contributed by atoms with Crippen LogP contribution in [0.15, 0.2) is 52.2 Å². The van der Waals surface area contributed by atoms with Gasteiger partial charge in [-0.25, -0.2) is 45.2 Å². The Labute approximate surface area is 453 Å². The standard InChI is InChI=1S/C15H17I2NO2.C14H16N4O7S.C9H15N5O7S2.Na/c1-2-3-4-5-6-7-14(19)20-15-12(16)8-11(10-18)9-13(15)17;1-3-8-25-13-15-18(14(22)17(13)2)12(21)16-26(23,24)10-7-5-4-6-9(10)11(19)20;1-14(22(4,16)17)23(18,19)13-9(15)12-8-10-6(20-2)5-7(11-8)21-3;/h8-9H,2-7H2,1H3;4-7H,3,8H2,1-2H3,(H,16,21)(H,19,20);5H,1-4H3,(H2,10,11,12,13,15);/q;;;+1/p-1. The third-order valence-corrected chi connectivity index (χ3v) is 14.8. The number of ether oxygens (including phenoxy) is 4. The van der Waals surface area contributed by atoms with Gasteiger partial charge in [0.2, 0.25) is 27.7 Å². The molecule has 0 aliphatic carbocycles. The van der Waals surface area contributed by atoms with Crippen molar-refractivity contribution in [2.45, 2.75) is 63.7 Å². The number of methoxy groups -OCH3 is 2. The number of amides is 3. The molecule has 0 saturated heterocycles. The summed E-state index contributed by atoms with van der Waals surface area (Å²) in [6.07, 6.45) is 7.30. The van der Waals surface area contributed by atoms with Gasteiger partial charge in [-0.15, -0.1) is 9.78 Å². The van der Waals surface area contributed by atoms with Gasteiger partial charge in [-0.2, -0.15) is 23.6 Å². The van der Waals surface area contributed by atoms with Crippen LogP contribution >= 0.6 is 45.2 Å². The first-order valence-electron chi connectivity index (χ1n) is 19.8. The van der Waals surface area contributed by atoms with Crippen LogP contribution in [0.25, 0.3) is 0 Å². The number of urea groups is 1. The number of hydrogen-bond acceptors (Lipinski definition) is 20. The Hall–Kier alpha value is -4.70. The predicted octanol–water partition coefficient (Wildman–Crippen LogP) is -0.530. The Kier molecular flexibility index (Phi) is 26.8. The zero-order chi connectivity index (χ0) is 52.3. The van der Waals surface area contributed by atoms with Crippen LogP contribution in [0.1, 0.15) is 74.7 Å². The number of carbonyl (C=O) groups is 4. The SMILES string of the molecule is CCCCCCCC(=O)Oc1c(I)cc(C#N)cc1I.CCCOc1nn(C(=O)NS(=O)(=O)c2ccccc2C(=O)[O-])c(=O)n1C.COc1cc(OC)nc(NC(=O)NS(=O)(=O)N(C)S(C)(=O)=O)n1.[Na+]. The molecule has 4 rings (SSSR count). The zero-order valence-corrected chi connectivity index (χ0v) is 47.6. The Balaban J connectivity index is 0.000000526. The summed E-state index contributed by atoms with van der Waals surface area (Å²) in [6, 6.07) is 8.63. The minimum Gasteiger partial charge on any atom is -0.545 e. The number of halogens is 2. The molecule has 0 atom stereocenters. The molecule has 0 radical (unpaired) electrons. The fraction of sp³-hybridized carbons (Fsp3) is 0.395. The van der Waals surface area contributed by atoms with Crippen molar-refractivity contribution in [2.24, 2.45) is 7.05 Å². The number of nitriles is 1. The number of carbonyl (C=O) groups excluding carboxylic acids is 4. The molecule has 3 N–H and O–H groups in total. The van der Waals surface area contributed by atoms with Gasteiger partial charge in [0.25, 0.3) is 10.0 Å². The number of hydrogen-bond donors (Lipinski definition) is 3. The van der Waals surface area contributed by atoms with Crippen LogP contribution in [0.4, 0.5) is 15.5 Å². The molecule has 2 aromatic heterocycles. The number of esters is 1. The second-order valence-electron chi connectivity index (χ2n) is 13.6. The number of unbranched alkanes of at least 4 members (excludes halogenated alkanes) is 4. The number of nitrogens with zero attached hydrogens (tertiary/aromatic N) is 7. The monoisotopic (exact) mass is 1270 g/mol. The molecule has 2 heterocycles. The number of benzene rings is 2. The Bertz CT molecular complexity index is 2890. The maximum atomic E-state index is 12.3. The van der Waals surface area contributed by atoms with Gasteiger partial charge in [0, 0.05) is 26.1 Å². The summed E-state index contributed by atoms with van der Waals surface area (Å²) in [5, 5.41) is 25.6. The molecule has 378 valence electrons.